The summed E-state index contributed by atoms with van der Waals surface area (Å²) in [4.78, 5) is 23.7. The standard InChI is InChI=1S/C47H34O9S.C14H8F2.C13H8F2O.C12H10O3.C6H6O5S.2K/c1-4-32-6-8-33(9-7-32)43-29-31(2)5-27-44(43)56-42-26-28-45(46(30-42)57(49,50)51)55-41-16-12-35(13-17-41)47(48)34-10-14-37(15-11-34)53-39-22-24-40(25-23-39)54-38-20-18-36(52-3)19-21-38;1-2-10-3-5-11(6-4-10)13-9-12(15)7-8-14(13)16;14-11-5-1-9(2-6-11)13(16)10-3-7-12(15)8-4-10;13-9-1-5-11(6-2-9)15-12-7-3-10(14)4-8-12;7-4-1-2-5(8)6(3-4)12(9,10)11;;/h1,5-30H,2-3H3,(H,49,50,51);1,3-9H;1-8H;1-8,13-14H;1-3,7-8H,(H,9,10,11);;/q;;;;;2*+1/p-2. The fourth-order valence-electron chi connectivity index (χ4n) is 10.5. The van der Waals surface area contributed by atoms with Gasteiger partial charge in [0.2, 0.25) is 0 Å². The zero-order valence-corrected chi connectivity index (χ0v) is 70.9. The third kappa shape index (κ3) is 27.2. The van der Waals surface area contributed by atoms with E-state index >= 15 is 0 Å². The first-order valence-electron chi connectivity index (χ1n) is 34.4. The summed E-state index contributed by atoms with van der Waals surface area (Å²) in [6.45, 7) is 1.94. The molecule has 0 amide bonds. The number of aryl methyl sites for hydroxylation is 1. The van der Waals surface area contributed by atoms with Crippen molar-refractivity contribution >= 4 is 31.8 Å². The number of rotatable bonds is 19. The van der Waals surface area contributed by atoms with Crippen LogP contribution in [0.4, 0.5) is 17.6 Å². The van der Waals surface area contributed by atoms with E-state index in [0.717, 1.165) is 58.3 Å². The molecule has 14 aromatic rings. The fraction of sp³-hybridized carbons (Fsp3) is 0.0217. The number of methoxy groups -OCH3 is 1. The minimum absolute atomic E-state index is 0. The van der Waals surface area contributed by atoms with Crippen molar-refractivity contribution < 1.29 is 205 Å². The maximum atomic E-state index is 13.4. The average molecular weight is 1680 g/mol. The van der Waals surface area contributed by atoms with E-state index in [0.29, 0.717) is 79.7 Å². The van der Waals surface area contributed by atoms with Gasteiger partial charge in [-0.25, -0.2) is 34.4 Å². The van der Waals surface area contributed by atoms with E-state index in [2.05, 4.69) is 11.8 Å². The van der Waals surface area contributed by atoms with Crippen molar-refractivity contribution in [2.75, 3.05) is 7.11 Å². The van der Waals surface area contributed by atoms with E-state index < -0.39 is 59.0 Å². The Labute approximate surface area is 762 Å². The van der Waals surface area contributed by atoms with E-state index in [4.69, 9.17) is 61.7 Å². The van der Waals surface area contributed by atoms with E-state index in [1.165, 1.54) is 78.9 Å². The molecule has 0 bridgehead atoms. The Morgan fingerprint density at radius 1 is 0.339 bits per heavy atom. The van der Waals surface area contributed by atoms with Gasteiger partial charge in [-0.05, 0) is 291 Å². The van der Waals surface area contributed by atoms with Crippen molar-refractivity contribution in [1.82, 2.24) is 0 Å². The van der Waals surface area contributed by atoms with Crippen molar-refractivity contribution in [3.8, 4) is 133 Å². The van der Waals surface area contributed by atoms with Crippen LogP contribution < -0.4 is 131 Å². The quantitative estimate of drug-likeness (QED) is 0.0146. The van der Waals surface area contributed by atoms with Gasteiger partial charge in [-0.2, -0.15) is 0 Å². The van der Waals surface area contributed by atoms with E-state index in [9.17, 15) is 53.1 Å². The summed E-state index contributed by atoms with van der Waals surface area (Å²) in [5.74, 6) is 7.25. The van der Waals surface area contributed by atoms with Crippen LogP contribution in [0, 0.1) is 54.9 Å². The second-order valence-corrected chi connectivity index (χ2v) is 27.3. The van der Waals surface area contributed by atoms with Gasteiger partial charge < -0.3 is 58.0 Å². The number of ketones is 2. The summed E-state index contributed by atoms with van der Waals surface area (Å²) in [5, 5.41) is 35.8. The Morgan fingerprint density at radius 3 is 1.06 bits per heavy atom. The number of hydrogen-bond donors (Lipinski definition) is 4. The van der Waals surface area contributed by atoms with Crippen molar-refractivity contribution in [3.05, 3.63) is 378 Å². The van der Waals surface area contributed by atoms with Crippen LogP contribution in [-0.2, 0) is 20.2 Å². The van der Waals surface area contributed by atoms with Gasteiger partial charge in [-0.3, -0.25) is 9.59 Å². The van der Waals surface area contributed by atoms with E-state index in [-0.39, 0.29) is 154 Å². The maximum Gasteiger partial charge on any atom is 1.00 e. The fourth-order valence-corrected chi connectivity index (χ4v) is 11.7. The van der Waals surface area contributed by atoms with Crippen molar-refractivity contribution in [1.29, 1.82) is 0 Å². The van der Waals surface area contributed by atoms with Crippen LogP contribution in [-0.4, -0.2) is 65.0 Å². The Hall–Kier alpha value is -11.6. The predicted octanol–water partition coefficient (Wildman–Crippen LogP) is 14.7. The van der Waals surface area contributed by atoms with Crippen LogP contribution in [0.3, 0.4) is 0 Å². The molecular formula is C92H64F4K2O18S2. The summed E-state index contributed by atoms with van der Waals surface area (Å²) in [5.41, 5.74) is 6.42. The Morgan fingerprint density at radius 2 is 0.669 bits per heavy atom. The number of halogens is 4. The molecule has 0 aliphatic carbocycles. The molecular weight excluding hydrogens is 1610 g/mol. The summed E-state index contributed by atoms with van der Waals surface area (Å²) < 4.78 is 154. The van der Waals surface area contributed by atoms with Crippen LogP contribution in [0.15, 0.2) is 325 Å². The van der Waals surface area contributed by atoms with Crippen LogP contribution in [0.5, 0.6) is 86.2 Å². The molecule has 26 heteroatoms. The summed E-state index contributed by atoms with van der Waals surface area (Å²) in [6, 6.07) is 80.3. The molecule has 0 atom stereocenters. The molecule has 0 aliphatic rings. The second-order valence-electron chi connectivity index (χ2n) is 24.6. The molecule has 0 aromatic heterocycles. The third-order valence-electron chi connectivity index (χ3n) is 16.4. The molecule has 0 spiro atoms. The Balaban J connectivity index is 0.000000227. The number of benzene rings is 14. The van der Waals surface area contributed by atoms with Crippen LogP contribution in [0.2, 0.25) is 0 Å². The topological polar surface area (TPSA) is 285 Å². The van der Waals surface area contributed by atoms with E-state index in [1.54, 1.807) is 147 Å². The summed E-state index contributed by atoms with van der Waals surface area (Å²) in [6.07, 6.45) is 10.7. The Bertz CT molecular complexity index is 5990. The molecule has 14 rings (SSSR count). The third-order valence-corrected chi connectivity index (χ3v) is 18.1. The number of phenolic OH excluding ortho intramolecular Hbond substituents is 4. The van der Waals surface area contributed by atoms with Crippen molar-refractivity contribution in [3.63, 3.8) is 0 Å². The molecule has 0 saturated heterocycles. The SMILES string of the molecule is C#Cc1ccc(-c2cc(C)ccc2Oc2ccc(Oc3ccc(C(=O)c4ccc(Oc5ccc(Oc6ccc(OC)cc6)cc5)cc4)cc3)c(S(=O)(=O)[O-])c2)cc1.C#Cc1ccc(-c2cc(F)ccc2F)cc1.O=C(c1ccc(F)cc1)c1ccc(F)cc1.O=S(=O)([O-])c1cc(O)ccc1O.Oc1ccc(Oc2ccc(O)cc2)cc1.[K+].[K+]. The van der Waals surface area contributed by atoms with Crippen LogP contribution >= 0.6 is 0 Å². The first kappa shape index (κ1) is 91.9. The number of aromatic hydroxyl groups is 4. The number of ether oxygens (including phenoxy) is 6. The molecule has 582 valence electrons. The van der Waals surface area contributed by atoms with Crippen molar-refractivity contribution in [2.24, 2.45) is 0 Å². The maximum absolute atomic E-state index is 13.4. The summed E-state index contributed by atoms with van der Waals surface area (Å²) >= 11 is 0. The minimum atomic E-state index is -4.99. The van der Waals surface area contributed by atoms with Gasteiger partial charge in [0.1, 0.15) is 135 Å². The molecule has 0 fully saturated rings. The zero-order valence-electron chi connectivity index (χ0n) is 63.0. The van der Waals surface area contributed by atoms with Crippen LogP contribution in [0.1, 0.15) is 48.5 Å². The zero-order chi connectivity index (χ0) is 83.1. The molecule has 4 N–H and O–H groups in total. The molecule has 14 aromatic carbocycles. The van der Waals surface area contributed by atoms with Gasteiger partial charge in [0, 0.05) is 56.6 Å². The van der Waals surface area contributed by atoms with Crippen LogP contribution in [0.25, 0.3) is 22.3 Å². The van der Waals surface area contributed by atoms with Gasteiger partial charge >= 0.3 is 103 Å². The van der Waals surface area contributed by atoms with E-state index in [1.807, 2.05) is 67.6 Å². The summed E-state index contributed by atoms with van der Waals surface area (Å²) in [7, 11) is -8.10. The number of carbonyl (C=O) groups excluding carboxylic acids is 2. The van der Waals surface area contributed by atoms with Gasteiger partial charge in [0.05, 0.1) is 12.0 Å². The average Bonchev–Trinajstić information content (AvgIpc) is 0.801. The number of carbonyl (C=O) groups is 2. The predicted molar refractivity (Wildman–Crippen MR) is 425 cm³/mol. The number of phenols is 4. The molecule has 0 aliphatic heterocycles. The largest absolute Gasteiger partial charge is 1.00 e. The number of hydrogen-bond acceptors (Lipinski definition) is 18. The molecule has 0 radical (unpaired) electrons. The molecule has 0 heterocycles. The smallest absolute Gasteiger partial charge is 0.744 e. The van der Waals surface area contributed by atoms with Gasteiger partial charge in [-0.15, -0.1) is 12.8 Å². The second kappa shape index (κ2) is 43.5. The molecule has 0 unspecified atom stereocenters. The first-order valence-corrected chi connectivity index (χ1v) is 37.2. The van der Waals surface area contributed by atoms with Crippen molar-refractivity contribution in [2.45, 2.75) is 16.7 Å². The Kier molecular flexibility index (Phi) is 33.9. The minimum Gasteiger partial charge on any atom is -0.744 e. The van der Waals surface area contributed by atoms with Gasteiger partial charge in [0.25, 0.3) is 0 Å². The van der Waals surface area contributed by atoms with Gasteiger partial charge in [0.15, 0.2) is 11.6 Å². The molecule has 0 saturated carbocycles. The molecule has 118 heavy (non-hydrogen) atoms. The monoisotopic (exact) mass is 1670 g/mol. The van der Waals surface area contributed by atoms with Gasteiger partial charge in [-0.1, -0.05) is 47.7 Å². The molecule has 18 nitrogen and oxygen atoms in total. The number of terminal acetylenes is 2. The first-order chi connectivity index (χ1) is 55.6. The normalized spacial score (nSPS) is 10.4.